The van der Waals surface area contributed by atoms with Gasteiger partial charge >= 0.3 is 6.03 Å². The molecule has 7 nitrogen and oxygen atoms in total. The second-order valence-electron chi connectivity index (χ2n) is 6.86. The molecule has 27 heavy (non-hydrogen) atoms. The van der Waals surface area contributed by atoms with Crippen molar-refractivity contribution in [2.45, 2.75) is 12.8 Å². The van der Waals surface area contributed by atoms with E-state index in [1.807, 2.05) is 12.1 Å². The normalized spacial score (nSPS) is 17.3. The second-order valence-corrected chi connectivity index (χ2v) is 6.86. The fraction of sp³-hybridized carbons (Fsp3) is 0.421. The first-order chi connectivity index (χ1) is 13.2. The number of benzene rings is 1. The lowest BCUT2D eigenvalue weighted by atomic mass is 10.3. The molecule has 4 rings (SSSR count). The van der Waals surface area contributed by atoms with E-state index in [-0.39, 0.29) is 11.8 Å². The van der Waals surface area contributed by atoms with Gasteiger partial charge in [0.2, 0.25) is 0 Å². The highest BCUT2D eigenvalue weighted by Crippen LogP contribution is 2.20. The molecule has 2 amide bonds. The monoisotopic (exact) mass is 370 g/mol. The number of aromatic nitrogens is 2. The Morgan fingerprint density at radius 2 is 1.37 bits per heavy atom. The first kappa shape index (κ1) is 17.5. The Morgan fingerprint density at radius 3 is 1.93 bits per heavy atom. The van der Waals surface area contributed by atoms with Crippen LogP contribution in [0.3, 0.4) is 0 Å². The fourth-order valence-corrected chi connectivity index (χ4v) is 3.48. The zero-order valence-electron chi connectivity index (χ0n) is 15.1. The summed E-state index contributed by atoms with van der Waals surface area (Å²) in [5, 5.41) is 11.5. The Balaban J connectivity index is 1.30. The molecule has 0 radical (unpaired) electrons. The maximum absolute atomic E-state index is 13.0. The number of carbonyl (C=O) groups excluding carboxylic acids is 1. The Kier molecular flexibility index (Phi) is 5.04. The van der Waals surface area contributed by atoms with Crippen molar-refractivity contribution in [2.75, 3.05) is 54.4 Å². The molecule has 1 aromatic carbocycles. The third-order valence-electron chi connectivity index (χ3n) is 5.05. The van der Waals surface area contributed by atoms with Crippen LogP contribution in [0.5, 0.6) is 0 Å². The number of nitrogens with zero attached hydrogens (tertiary/aromatic N) is 5. The van der Waals surface area contributed by atoms with Gasteiger partial charge in [0, 0.05) is 45.0 Å². The standard InChI is InChI=1S/C19H23FN6O/c20-15-3-5-16(6-4-15)21-19(27)26-13-11-25(12-14-26)18-8-7-17(22-23-18)24-9-1-2-10-24/h3-8H,1-2,9-14H2,(H,21,27). The average Bonchev–Trinajstić information content (AvgIpc) is 3.25. The van der Waals surface area contributed by atoms with Crippen LogP contribution in [0, 0.1) is 5.82 Å². The van der Waals surface area contributed by atoms with Crippen molar-refractivity contribution in [1.29, 1.82) is 0 Å². The third-order valence-corrected chi connectivity index (χ3v) is 5.05. The van der Waals surface area contributed by atoms with Crippen molar-refractivity contribution in [2.24, 2.45) is 0 Å². The molecule has 0 bridgehead atoms. The van der Waals surface area contributed by atoms with Gasteiger partial charge in [-0.1, -0.05) is 0 Å². The van der Waals surface area contributed by atoms with Gasteiger partial charge in [-0.05, 0) is 49.2 Å². The third kappa shape index (κ3) is 4.10. The van der Waals surface area contributed by atoms with E-state index in [1.165, 1.54) is 25.0 Å². The number of halogens is 1. The van der Waals surface area contributed by atoms with Gasteiger partial charge in [-0.3, -0.25) is 0 Å². The van der Waals surface area contributed by atoms with Gasteiger partial charge in [0.15, 0.2) is 11.6 Å². The predicted molar refractivity (Wildman–Crippen MR) is 103 cm³/mol. The predicted octanol–water partition coefficient (Wildman–Crippen LogP) is 2.57. The molecule has 0 spiro atoms. The lowest BCUT2D eigenvalue weighted by Gasteiger charge is -2.35. The molecule has 0 saturated carbocycles. The van der Waals surface area contributed by atoms with Crippen molar-refractivity contribution in [3.63, 3.8) is 0 Å². The van der Waals surface area contributed by atoms with E-state index in [0.717, 1.165) is 24.7 Å². The number of urea groups is 1. The van der Waals surface area contributed by atoms with E-state index in [9.17, 15) is 9.18 Å². The Labute approximate surface area is 157 Å². The lowest BCUT2D eigenvalue weighted by molar-refractivity contribution is 0.208. The number of piperazine rings is 1. The van der Waals surface area contributed by atoms with Crippen LogP contribution in [0.2, 0.25) is 0 Å². The summed E-state index contributed by atoms with van der Waals surface area (Å²) in [5.41, 5.74) is 0.590. The molecule has 3 heterocycles. The van der Waals surface area contributed by atoms with Crippen molar-refractivity contribution < 1.29 is 9.18 Å². The molecule has 2 saturated heterocycles. The maximum atomic E-state index is 13.0. The van der Waals surface area contributed by atoms with Crippen molar-refractivity contribution in [3.8, 4) is 0 Å². The molecule has 0 aliphatic carbocycles. The minimum Gasteiger partial charge on any atom is -0.355 e. The van der Waals surface area contributed by atoms with Crippen molar-refractivity contribution >= 4 is 23.4 Å². The first-order valence-electron chi connectivity index (χ1n) is 9.34. The van der Waals surface area contributed by atoms with Crippen molar-refractivity contribution in [3.05, 3.63) is 42.2 Å². The van der Waals surface area contributed by atoms with Crippen LogP contribution < -0.4 is 15.1 Å². The van der Waals surface area contributed by atoms with Crippen LogP contribution in [0.4, 0.5) is 26.5 Å². The molecule has 2 aliphatic rings. The summed E-state index contributed by atoms with van der Waals surface area (Å²) in [7, 11) is 0. The second kappa shape index (κ2) is 7.77. The first-order valence-corrected chi connectivity index (χ1v) is 9.34. The molecule has 0 unspecified atom stereocenters. The van der Waals surface area contributed by atoms with E-state index >= 15 is 0 Å². The van der Waals surface area contributed by atoms with Crippen molar-refractivity contribution in [1.82, 2.24) is 15.1 Å². The fourth-order valence-electron chi connectivity index (χ4n) is 3.48. The molecule has 2 aliphatic heterocycles. The van der Waals surface area contributed by atoms with Crippen LogP contribution in [-0.2, 0) is 0 Å². The summed E-state index contributed by atoms with van der Waals surface area (Å²) in [6.45, 7) is 4.71. The van der Waals surface area contributed by atoms with E-state index in [2.05, 4.69) is 25.3 Å². The highest BCUT2D eigenvalue weighted by Gasteiger charge is 2.22. The molecule has 2 fully saturated rings. The summed E-state index contributed by atoms with van der Waals surface area (Å²) >= 11 is 0. The van der Waals surface area contributed by atoms with Crippen LogP contribution in [0.1, 0.15) is 12.8 Å². The van der Waals surface area contributed by atoms with Crippen LogP contribution >= 0.6 is 0 Å². The van der Waals surface area contributed by atoms with E-state index in [4.69, 9.17) is 0 Å². The average molecular weight is 370 g/mol. The summed E-state index contributed by atoms with van der Waals surface area (Å²) < 4.78 is 13.0. The van der Waals surface area contributed by atoms with Crippen LogP contribution in [-0.4, -0.2) is 60.4 Å². The number of amides is 2. The molecule has 0 atom stereocenters. The number of carbonyl (C=O) groups is 1. The molecule has 2 aromatic rings. The summed E-state index contributed by atoms with van der Waals surface area (Å²) in [6.07, 6.45) is 2.43. The van der Waals surface area contributed by atoms with Gasteiger partial charge in [0.1, 0.15) is 5.82 Å². The summed E-state index contributed by atoms with van der Waals surface area (Å²) in [5.74, 6) is 1.46. The van der Waals surface area contributed by atoms with Gasteiger partial charge in [-0.25, -0.2) is 9.18 Å². The molecule has 142 valence electrons. The highest BCUT2D eigenvalue weighted by atomic mass is 19.1. The van der Waals surface area contributed by atoms with E-state index < -0.39 is 0 Å². The van der Waals surface area contributed by atoms with Gasteiger partial charge in [-0.15, -0.1) is 10.2 Å². The van der Waals surface area contributed by atoms with E-state index in [0.29, 0.717) is 31.9 Å². The quantitative estimate of drug-likeness (QED) is 0.900. The number of nitrogens with one attached hydrogen (secondary N) is 1. The molecular weight excluding hydrogens is 347 g/mol. The Hall–Kier alpha value is -2.90. The highest BCUT2D eigenvalue weighted by molar-refractivity contribution is 5.89. The minimum atomic E-state index is -0.321. The number of rotatable bonds is 3. The Morgan fingerprint density at radius 1 is 0.815 bits per heavy atom. The van der Waals surface area contributed by atoms with Crippen LogP contribution in [0.15, 0.2) is 36.4 Å². The minimum absolute atomic E-state index is 0.170. The summed E-state index contributed by atoms with van der Waals surface area (Å²) in [4.78, 5) is 18.5. The molecule has 1 N–H and O–H groups in total. The molecule has 1 aromatic heterocycles. The molecular formula is C19H23FN6O. The molecule has 8 heteroatoms. The smallest absolute Gasteiger partial charge is 0.321 e. The van der Waals surface area contributed by atoms with Gasteiger partial charge in [0.25, 0.3) is 0 Å². The van der Waals surface area contributed by atoms with Gasteiger partial charge in [0.05, 0.1) is 0 Å². The Bertz CT molecular complexity index is 768. The summed E-state index contributed by atoms with van der Waals surface area (Å²) in [6, 6.07) is 9.64. The topological polar surface area (TPSA) is 64.6 Å². The van der Waals surface area contributed by atoms with Gasteiger partial charge < -0.3 is 20.0 Å². The number of hydrogen-bond donors (Lipinski definition) is 1. The zero-order valence-corrected chi connectivity index (χ0v) is 15.1. The SMILES string of the molecule is O=C(Nc1ccc(F)cc1)N1CCN(c2ccc(N3CCCC3)nn2)CC1. The number of hydrogen-bond acceptors (Lipinski definition) is 5. The largest absolute Gasteiger partial charge is 0.355 e. The van der Waals surface area contributed by atoms with E-state index in [1.54, 1.807) is 17.0 Å². The lowest BCUT2D eigenvalue weighted by Crippen LogP contribution is -2.50. The zero-order chi connectivity index (χ0) is 18.6. The maximum Gasteiger partial charge on any atom is 0.321 e. The van der Waals surface area contributed by atoms with Crippen LogP contribution in [0.25, 0.3) is 0 Å². The van der Waals surface area contributed by atoms with Gasteiger partial charge in [-0.2, -0.15) is 0 Å². The number of anilines is 3.